The maximum Gasteiger partial charge on any atom is 0.335 e. The molecule has 0 saturated heterocycles. The van der Waals surface area contributed by atoms with E-state index in [1.165, 1.54) is 30.6 Å². The summed E-state index contributed by atoms with van der Waals surface area (Å²) in [4.78, 5) is 14.7. The van der Waals surface area contributed by atoms with Gasteiger partial charge < -0.3 is 5.11 Å². The summed E-state index contributed by atoms with van der Waals surface area (Å²) < 4.78 is 27.1. The van der Waals surface area contributed by atoms with E-state index in [0.29, 0.717) is 10.0 Å². The third kappa shape index (κ3) is 4.10. The Balaban J connectivity index is 2.15. The normalized spacial score (nSPS) is 11.3. The van der Waals surface area contributed by atoms with Crippen molar-refractivity contribution in [2.45, 2.75) is 11.4 Å². The van der Waals surface area contributed by atoms with Crippen LogP contribution in [0.4, 0.5) is 0 Å². The molecular formula is C13H11BrN2O4S. The highest BCUT2D eigenvalue weighted by Crippen LogP contribution is 2.14. The van der Waals surface area contributed by atoms with Crippen molar-refractivity contribution in [2.75, 3.05) is 0 Å². The number of halogens is 1. The number of rotatable bonds is 5. The first kappa shape index (κ1) is 15.6. The second kappa shape index (κ2) is 6.33. The van der Waals surface area contributed by atoms with E-state index in [9.17, 15) is 13.2 Å². The number of sulfonamides is 1. The minimum atomic E-state index is -3.70. The lowest BCUT2D eigenvalue weighted by Crippen LogP contribution is -2.23. The molecule has 1 heterocycles. The van der Waals surface area contributed by atoms with Crippen LogP contribution in [0.5, 0.6) is 0 Å². The van der Waals surface area contributed by atoms with Crippen molar-refractivity contribution in [2.24, 2.45) is 0 Å². The predicted octanol–water partition coefficient (Wildman–Crippen LogP) is 2.02. The predicted molar refractivity (Wildman–Crippen MR) is 79.4 cm³/mol. The van der Waals surface area contributed by atoms with Gasteiger partial charge in [-0.15, -0.1) is 0 Å². The Morgan fingerprint density at radius 1 is 1.29 bits per heavy atom. The molecule has 0 radical (unpaired) electrons. The second-order valence-electron chi connectivity index (χ2n) is 4.17. The van der Waals surface area contributed by atoms with E-state index in [0.717, 1.165) is 0 Å². The standard InChI is InChI=1S/C13H11BrN2O4S/c14-11-5-12(8-15-7-11)21(19,20)16-6-9-2-1-3-10(4-9)13(17)18/h1-5,7-8,16H,6H2,(H,17,18). The van der Waals surface area contributed by atoms with Gasteiger partial charge in [0, 0.05) is 23.4 Å². The Labute approximate surface area is 130 Å². The fourth-order valence-corrected chi connectivity index (χ4v) is 3.14. The zero-order valence-corrected chi connectivity index (χ0v) is 13.1. The summed E-state index contributed by atoms with van der Waals surface area (Å²) >= 11 is 3.16. The first-order valence-corrected chi connectivity index (χ1v) is 8.08. The highest BCUT2D eigenvalue weighted by atomic mass is 79.9. The molecule has 1 aromatic heterocycles. The van der Waals surface area contributed by atoms with E-state index in [2.05, 4.69) is 25.6 Å². The molecular weight excluding hydrogens is 360 g/mol. The minimum Gasteiger partial charge on any atom is -0.478 e. The fourth-order valence-electron chi connectivity index (χ4n) is 1.62. The number of carboxylic acids is 1. The molecule has 6 nitrogen and oxygen atoms in total. The molecule has 0 atom stereocenters. The zero-order valence-electron chi connectivity index (χ0n) is 10.7. The summed E-state index contributed by atoms with van der Waals surface area (Å²) in [5.41, 5.74) is 0.664. The fraction of sp³-hybridized carbons (Fsp3) is 0.0769. The van der Waals surface area contributed by atoms with Gasteiger partial charge in [0.2, 0.25) is 10.0 Å². The molecule has 0 aliphatic carbocycles. The second-order valence-corrected chi connectivity index (χ2v) is 6.85. The van der Waals surface area contributed by atoms with Crippen LogP contribution in [0.1, 0.15) is 15.9 Å². The molecule has 110 valence electrons. The molecule has 0 fully saturated rings. The highest BCUT2D eigenvalue weighted by molar-refractivity contribution is 9.10. The Bertz CT molecular complexity index is 777. The smallest absolute Gasteiger partial charge is 0.335 e. The molecule has 0 bridgehead atoms. The van der Waals surface area contributed by atoms with Gasteiger partial charge in [-0.3, -0.25) is 4.98 Å². The molecule has 2 N–H and O–H groups in total. The van der Waals surface area contributed by atoms with Crippen molar-refractivity contribution < 1.29 is 18.3 Å². The first-order chi connectivity index (χ1) is 9.88. The van der Waals surface area contributed by atoms with Crippen molar-refractivity contribution in [3.63, 3.8) is 0 Å². The largest absolute Gasteiger partial charge is 0.478 e. The van der Waals surface area contributed by atoms with Crippen molar-refractivity contribution in [1.29, 1.82) is 0 Å². The maximum atomic E-state index is 12.1. The lowest BCUT2D eigenvalue weighted by Gasteiger charge is -2.07. The number of nitrogens with zero attached hydrogens (tertiary/aromatic N) is 1. The quantitative estimate of drug-likeness (QED) is 0.838. The first-order valence-electron chi connectivity index (χ1n) is 5.81. The molecule has 0 aliphatic heterocycles. The number of nitrogens with one attached hydrogen (secondary N) is 1. The summed E-state index contributed by atoms with van der Waals surface area (Å²) in [6, 6.07) is 7.51. The monoisotopic (exact) mass is 370 g/mol. The zero-order chi connectivity index (χ0) is 15.5. The van der Waals surface area contributed by atoms with Gasteiger partial charge in [-0.2, -0.15) is 0 Å². The van der Waals surface area contributed by atoms with E-state index in [1.54, 1.807) is 12.1 Å². The summed E-state index contributed by atoms with van der Waals surface area (Å²) in [7, 11) is -3.70. The third-order valence-corrected chi connectivity index (χ3v) is 4.43. The van der Waals surface area contributed by atoms with Crippen molar-refractivity contribution in [3.8, 4) is 0 Å². The minimum absolute atomic E-state index is 0.00400. The van der Waals surface area contributed by atoms with Gasteiger partial charge >= 0.3 is 5.97 Å². The van der Waals surface area contributed by atoms with Crippen LogP contribution in [0, 0.1) is 0 Å². The number of carbonyl (C=O) groups is 1. The molecule has 0 unspecified atom stereocenters. The van der Waals surface area contributed by atoms with E-state index in [4.69, 9.17) is 5.11 Å². The molecule has 0 aliphatic rings. The Hall–Kier alpha value is -1.77. The number of benzene rings is 1. The van der Waals surface area contributed by atoms with Gasteiger partial charge in [-0.25, -0.2) is 17.9 Å². The summed E-state index contributed by atoms with van der Waals surface area (Å²) in [6.07, 6.45) is 2.72. The molecule has 8 heteroatoms. The molecule has 0 amide bonds. The number of aromatic nitrogens is 1. The Morgan fingerprint density at radius 3 is 2.71 bits per heavy atom. The van der Waals surface area contributed by atoms with Gasteiger partial charge in [0.15, 0.2) is 0 Å². The van der Waals surface area contributed by atoms with Crippen LogP contribution in [0.25, 0.3) is 0 Å². The molecule has 2 rings (SSSR count). The van der Waals surface area contributed by atoms with Crippen LogP contribution in [0.3, 0.4) is 0 Å². The van der Waals surface area contributed by atoms with Crippen LogP contribution in [0.15, 0.2) is 52.1 Å². The van der Waals surface area contributed by atoms with Gasteiger partial charge in [0.1, 0.15) is 4.90 Å². The van der Waals surface area contributed by atoms with E-state index in [-0.39, 0.29) is 17.0 Å². The number of aromatic carboxylic acids is 1. The highest BCUT2D eigenvalue weighted by Gasteiger charge is 2.14. The van der Waals surface area contributed by atoms with Crippen LogP contribution >= 0.6 is 15.9 Å². The van der Waals surface area contributed by atoms with Crippen LogP contribution < -0.4 is 4.72 Å². The van der Waals surface area contributed by atoms with E-state index in [1.807, 2.05) is 0 Å². The Kier molecular flexibility index (Phi) is 4.71. The molecule has 0 saturated carbocycles. The molecule has 1 aromatic carbocycles. The lowest BCUT2D eigenvalue weighted by atomic mass is 10.1. The summed E-state index contributed by atoms with van der Waals surface area (Å²) in [5, 5.41) is 8.89. The average Bonchev–Trinajstić information content (AvgIpc) is 2.45. The molecule has 0 spiro atoms. The van der Waals surface area contributed by atoms with Gasteiger partial charge in [-0.05, 0) is 39.7 Å². The SMILES string of the molecule is O=C(O)c1cccc(CNS(=O)(=O)c2cncc(Br)c2)c1. The van der Waals surface area contributed by atoms with Crippen molar-refractivity contribution in [3.05, 3.63) is 58.3 Å². The van der Waals surface area contributed by atoms with Crippen LogP contribution in [-0.4, -0.2) is 24.5 Å². The topological polar surface area (TPSA) is 96.4 Å². The lowest BCUT2D eigenvalue weighted by molar-refractivity contribution is 0.0696. The van der Waals surface area contributed by atoms with Crippen LogP contribution in [0.2, 0.25) is 0 Å². The number of carboxylic acid groups (broad SMARTS) is 1. The number of hydrogen-bond acceptors (Lipinski definition) is 4. The van der Waals surface area contributed by atoms with Crippen molar-refractivity contribution >= 4 is 31.9 Å². The molecule has 2 aromatic rings. The van der Waals surface area contributed by atoms with Gasteiger partial charge in [-0.1, -0.05) is 12.1 Å². The number of pyridine rings is 1. The average molecular weight is 371 g/mol. The van der Waals surface area contributed by atoms with Gasteiger partial charge in [0.25, 0.3) is 0 Å². The van der Waals surface area contributed by atoms with Crippen LogP contribution in [-0.2, 0) is 16.6 Å². The number of hydrogen-bond donors (Lipinski definition) is 2. The summed E-state index contributed by atoms with van der Waals surface area (Å²) in [5.74, 6) is -1.06. The summed E-state index contributed by atoms with van der Waals surface area (Å²) in [6.45, 7) is -0.00400. The Morgan fingerprint density at radius 2 is 2.05 bits per heavy atom. The van der Waals surface area contributed by atoms with Crippen molar-refractivity contribution in [1.82, 2.24) is 9.71 Å². The van der Waals surface area contributed by atoms with E-state index < -0.39 is 16.0 Å². The third-order valence-electron chi connectivity index (χ3n) is 2.63. The maximum absolute atomic E-state index is 12.1. The molecule has 21 heavy (non-hydrogen) atoms. The van der Waals surface area contributed by atoms with Gasteiger partial charge in [0.05, 0.1) is 5.56 Å². The van der Waals surface area contributed by atoms with E-state index >= 15 is 0 Å².